The molecule has 3 heterocycles. The van der Waals surface area contributed by atoms with Crippen LogP contribution in [-0.2, 0) is 27.9 Å². The van der Waals surface area contributed by atoms with Crippen molar-refractivity contribution in [2.45, 2.75) is 32.2 Å². The molecule has 0 unspecified atom stereocenters. The van der Waals surface area contributed by atoms with Gasteiger partial charge in [-0.15, -0.1) is 0 Å². The minimum Gasteiger partial charge on any atom is -0.381 e. The van der Waals surface area contributed by atoms with Crippen molar-refractivity contribution >= 4 is 5.91 Å². The van der Waals surface area contributed by atoms with Crippen LogP contribution in [0, 0.1) is 5.92 Å². The van der Waals surface area contributed by atoms with Gasteiger partial charge < -0.3 is 14.4 Å². The normalized spacial score (nSPS) is 22.6. The molecule has 0 radical (unpaired) electrons. The van der Waals surface area contributed by atoms with Gasteiger partial charge in [-0.1, -0.05) is 0 Å². The molecule has 22 heavy (non-hydrogen) atoms. The van der Waals surface area contributed by atoms with Gasteiger partial charge in [0.25, 0.3) is 0 Å². The summed E-state index contributed by atoms with van der Waals surface area (Å²) >= 11 is 0. The van der Waals surface area contributed by atoms with Gasteiger partial charge in [0.2, 0.25) is 5.91 Å². The van der Waals surface area contributed by atoms with Crippen LogP contribution < -0.4 is 0 Å². The van der Waals surface area contributed by atoms with Crippen LogP contribution in [0.3, 0.4) is 0 Å². The minimum atomic E-state index is 0.111. The number of aromatic nitrogens is 2. The maximum atomic E-state index is 12.8. The van der Waals surface area contributed by atoms with Crippen molar-refractivity contribution in [2.24, 2.45) is 13.0 Å². The zero-order valence-electron chi connectivity index (χ0n) is 13.5. The Hall–Kier alpha value is -1.40. The lowest BCUT2D eigenvalue weighted by Gasteiger charge is -2.36. The highest BCUT2D eigenvalue weighted by Crippen LogP contribution is 2.30. The molecule has 2 aliphatic rings. The van der Waals surface area contributed by atoms with E-state index in [1.54, 1.807) is 0 Å². The molecule has 1 fully saturated rings. The van der Waals surface area contributed by atoms with Crippen LogP contribution in [-0.4, -0.2) is 53.6 Å². The van der Waals surface area contributed by atoms with E-state index < -0.39 is 0 Å². The topological polar surface area (TPSA) is 56.6 Å². The maximum absolute atomic E-state index is 12.8. The summed E-state index contributed by atoms with van der Waals surface area (Å²) in [7, 11) is 1.97. The second kappa shape index (κ2) is 6.79. The van der Waals surface area contributed by atoms with E-state index in [-0.39, 0.29) is 17.7 Å². The van der Waals surface area contributed by atoms with Crippen molar-refractivity contribution in [3.63, 3.8) is 0 Å². The summed E-state index contributed by atoms with van der Waals surface area (Å²) in [5.41, 5.74) is 2.36. The van der Waals surface area contributed by atoms with E-state index >= 15 is 0 Å². The minimum absolute atomic E-state index is 0.111. The van der Waals surface area contributed by atoms with E-state index in [4.69, 9.17) is 9.47 Å². The molecule has 1 aromatic rings. The van der Waals surface area contributed by atoms with Crippen molar-refractivity contribution in [1.29, 1.82) is 0 Å². The van der Waals surface area contributed by atoms with Gasteiger partial charge in [0.05, 0.1) is 18.5 Å². The van der Waals surface area contributed by atoms with E-state index in [1.165, 1.54) is 5.69 Å². The number of carbonyl (C=O) groups is 1. The first kappa shape index (κ1) is 15.5. The molecule has 122 valence electrons. The third-order valence-electron chi connectivity index (χ3n) is 4.66. The smallest absolute Gasteiger partial charge is 0.226 e. The lowest BCUT2D eigenvalue weighted by molar-refractivity contribution is -0.140. The van der Waals surface area contributed by atoms with Gasteiger partial charge in [-0.2, -0.15) is 5.10 Å². The highest BCUT2D eigenvalue weighted by molar-refractivity contribution is 5.79. The summed E-state index contributed by atoms with van der Waals surface area (Å²) in [6, 6.07) is 0. The van der Waals surface area contributed by atoms with Gasteiger partial charge in [0, 0.05) is 57.4 Å². The Morgan fingerprint density at radius 1 is 1.45 bits per heavy atom. The van der Waals surface area contributed by atoms with Crippen LogP contribution in [0.1, 0.15) is 36.9 Å². The molecule has 6 heteroatoms. The molecule has 1 atom stereocenters. The Balaban J connectivity index is 1.75. The number of fused-ring (bicyclic) bond motifs is 1. The molecular formula is C16H25N3O3. The van der Waals surface area contributed by atoms with Gasteiger partial charge in [-0.05, 0) is 19.8 Å². The van der Waals surface area contributed by atoms with Crippen LogP contribution in [0.4, 0.5) is 0 Å². The number of hydrogen-bond donors (Lipinski definition) is 0. The Labute approximate surface area is 131 Å². The highest BCUT2D eigenvalue weighted by Gasteiger charge is 2.34. The number of ether oxygens (including phenoxy) is 2. The predicted octanol–water partition coefficient (Wildman–Crippen LogP) is 1.31. The Morgan fingerprint density at radius 2 is 2.23 bits per heavy atom. The summed E-state index contributed by atoms with van der Waals surface area (Å²) in [6.45, 7) is 6.12. The van der Waals surface area contributed by atoms with Crippen molar-refractivity contribution < 1.29 is 14.3 Å². The van der Waals surface area contributed by atoms with Crippen molar-refractivity contribution in [2.75, 3.05) is 33.0 Å². The van der Waals surface area contributed by atoms with Gasteiger partial charge in [-0.3, -0.25) is 9.48 Å². The molecule has 1 amide bonds. The summed E-state index contributed by atoms with van der Waals surface area (Å²) in [5, 5.41) is 4.37. The fraction of sp³-hybridized carbons (Fsp3) is 0.750. The molecule has 0 aliphatic carbocycles. The molecule has 0 N–H and O–H groups in total. The third kappa shape index (κ3) is 3.03. The van der Waals surface area contributed by atoms with Crippen LogP contribution >= 0.6 is 0 Å². The van der Waals surface area contributed by atoms with Crippen LogP contribution in [0.25, 0.3) is 0 Å². The number of nitrogens with zero attached hydrogens (tertiary/aromatic N) is 3. The number of aryl methyl sites for hydroxylation is 1. The lowest BCUT2D eigenvalue weighted by Crippen LogP contribution is -2.44. The second-order valence-corrected chi connectivity index (χ2v) is 6.14. The van der Waals surface area contributed by atoms with Gasteiger partial charge in [-0.25, -0.2) is 0 Å². The van der Waals surface area contributed by atoms with E-state index in [0.717, 1.165) is 24.9 Å². The van der Waals surface area contributed by atoms with E-state index in [0.29, 0.717) is 33.0 Å². The zero-order valence-corrected chi connectivity index (χ0v) is 13.5. The standard InChI is InChI=1S/C16H25N3O3/c1-3-21-11-14-10-19(9-13-8-17-18(2)15(13)14)16(20)12-4-6-22-7-5-12/h8,12,14H,3-7,9-11H2,1-2H3/t14-/m0/s1. The Kier molecular flexibility index (Phi) is 4.78. The molecule has 1 saturated heterocycles. The second-order valence-electron chi connectivity index (χ2n) is 6.14. The van der Waals surface area contributed by atoms with Crippen LogP contribution in [0.5, 0.6) is 0 Å². The molecule has 0 spiro atoms. The average molecular weight is 307 g/mol. The van der Waals surface area contributed by atoms with Crippen LogP contribution in [0.2, 0.25) is 0 Å². The highest BCUT2D eigenvalue weighted by atomic mass is 16.5. The molecule has 0 aromatic carbocycles. The quantitative estimate of drug-likeness (QED) is 0.841. The van der Waals surface area contributed by atoms with E-state index in [9.17, 15) is 4.79 Å². The van der Waals surface area contributed by atoms with E-state index in [1.807, 2.05) is 29.7 Å². The summed E-state index contributed by atoms with van der Waals surface area (Å²) in [5.74, 6) is 0.582. The fourth-order valence-corrected chi connectivity index (χ4v) is 3.53. The number of amides is 1. The molecular weight excluding hydrogens is 282 g/mol. The average Bonchev–Trinajstić information content (AvgIpc) is 2.94. The summed E-state index contributed by atoms with van der Waals surface area (Å²) < 4.78 is 12.9. The Morgan fingerprint density at radius 3 is 2.95 bits per heavy atom. The van der Waals surface area contributed by atoms with Crippen molar-refractivity contribution in [3.8, 4) is 0 Å². The number of hydrogen-bond acceptors (Lipinski definition) is 4. The molecule has 3 rings (SSSR count). The first-order chi connectivity index (χ1) is 10.7. The molecule has 2 aliphatic heterocycles. The Bertz CT molecular complexity index is 523. The third-order valence-corrected chi connectivity index (χ3v) is 4.66. The molecule has 0 bridgehead atoms. The number of rotatable bonds is 4. The van der Waals surface area contributed by atoms with Crippen molar-refractivity contribution in [3.05, 3.63) is 17.5 Å². The monoisotopic (exact) mass is 307 g/mol. The zero-order chi connectivity index (χ0) is 15.5. The van der Waals surface area contributed by atoms with Crippen molar-refractivity contribution in [1.82, 2.24) is 14.7 Å². The fourth-order valence-electron chi connectivity index (χ4n) is 3.53. The van der Waals surface area contributed by atoms with Gasteiger partial charge >= 0.3 is 0 Å². The van der Waals surface area contributed by atoms with Gasteiger partial charge in [0.15, 0.2) is 0 Å². The number of carbonyl (C=O) groups excluding carboxylic acids is 1. The largest absolute Gasteiger partial charge is 0.381 e. The lowest BCUT2D eigenvalue weighted by atomic mass is 9.93. The molecule has 0 saturated carbocycles. The predicted molar refractivity (Wildman–Crippen MR) is 81.4 cm³/mol. The maximum Gasteiger partial charge on any atom is 0.226 e. The first-order valence-corrected chi connectivity index (χ1v) is 8.15. The molecule has 6 nitrogen and oxygen atoms in total. The summed E-state index contributed by atoms with van der Waals surface area (Å²) in [6.07, 6.45) is 3.56. The SMILES string of the molecule is CCOC[C@@H]1CN(C(=O)C2CCOCC2)Cc2cnn(C)c21. The van der Waals surface area contributed by atoms with Crippen LogP contribution in [0.15, 0.2) is 6.20 Å². The van der Waals surface area contributed by atoms with E-state index in [2.05, 4.69) is 5.10 Å². The summed E-state index contributed by atoms with van der Waals surface area (Å²) in [4.78, 5) is 14.8. The first-order valence-electron chi connectivity index (χ1n) is 8.15. The molecule has 1 aromatic heterocycles. The van der Waals surface area contributed by atoms with Gasteiger partial charge in [0.1, 0.15) is 0 Å².